The van der Waals surface area contributed by atoms with E-state index < -0.39 is 17.5 Å². The van der Waals surface area contributed by atoms with E-state index in [-0.39, 0.29) is 18.2 Å². The van der Waals surface area contributed by atoms with Crippen LogP contribution in [0.15, 0.2) is 4.99 Å². The maximum absolute atomic E-state index is 10.5. The molecule has 0 aliphatic carbocycles. The maximum atomic E-state index is 10.5. The molecule has 2 atom stereocenters. The van der Waals surface area contributed by atoms with Gasteiger partial charge in [-0.05, 0) is 27.7 Å². The molecule has 0 saturated carbocycles. The molecular weight excluding hydrogens is 240 g/mol. The summed E-state index contributed by atoms with van der Waals surface area (Å²) in [5, 5.41) is 9.81. The van der Waals surface area contributed by atoms with E-state index in [0.717, 1.165) is 0 Å². The van der Waals surface area contributed by atoms with Crippen LogP contribution in [0.4, 0.5) is 0 Å². The molecule has 8 heteroatoms. The SMILES string of the molecule is CC(C)O[C@@H]1N=C(N[N+](=O)[O-])N(C)[C@H]1OC(C)C. The highest BCUT2D eigenvalue weighted by molar-refractivity contribution is 5.80. The summed E-state index contributed by atoms with van der Waals surface area (Å²) in [4.78, 5) is 16.2. The summed E-state index contributed by atoms with van der Waals surface area (Å²) in [7, 11) is 1.67. The number of guanidine groups is 1. The standard InChI is InChI=1S/C10H20N4O4/c1-6(2)17-8-9(18-7(3)4)13(5)10(11-8)12-14(15)16/h6-9H,1-5H3,(H,11,12)/t8-,9-/m0/s1. The average molecular weight is 260 g/mol. The predicted molar refractivity (Wildman–Crippen MR) is 65.3 cm³/mol. The van der Waals surface area contributed by atoms with Crippen LogP contribution < -0.4 is 5.43 Å². The Kier molecular flexibility index (Phi) is 4.85. The Morgan fingerprint density at radius 3 is 2.33 bits per heavy atom. The molecule has 8 nitrogen and oxygen atoms in total. The Labute approximate surface area is 106 Å². The highest BCUT2D eigenvalue weighted by Gasteiger charge is 2.38. The van der Waals surface area contributed by atoms with Crippen LogP contribution in [0.1, 0.15) is 27.7 Å². The number of rotatable bonds is 5. The number of nitrogens with one attached hydrogen (secondary N) is 1. The smallest absolute Gasteiger partial charge is 0.261 e. The molecule has 1 heterocycles. The van der Waals surface area contributed by atoms with E-state index in [1.54, 1.807) is 11.9 Å². The molecule has 0 bridgehead atoms. The van der Waals surface area contributed by atoms with E-state index in [1.165, 1.54) is 0 Å². The zero-order chi connectivity index (χ0) is 13.9. The second-order valence-corrected chi connectivity index (χ2v) is 4.58. The van der Waals surface area contributed by atoms with Gasteiger partial charge in [0.15, 0.2) is 17.5 Å². The molecule has 1 aliphatic rings. The summed E-state index contributed by atoms with van der Waals surface area (Å²) < 4.78 is 11.3. The van der Waals surface area contributed by atoms with E-state index in [1.807, 2.05) is 33.1 Å². The normalized spacial score (nSPS) is 23.7. The van der Waals surface area contributed by atoms with Crippen LogP contribution in [0.2, 0.25) is 0 Å². The minimum absolute atomic E-state index is 0.0270. The van der Waals surface area contributed by atoms with Crippen molar-refractivity contribution in [3.8, 4) is 0 Å². The van der Waals surface area contributed by atoms with Gasteiger partial charge >= 0.3 is 0 Å². The van der Waals surface area contributed by atoms with Crippen LogP contribution in [-0.4, -0.2) is 47.6 Å². The number of nitro groups is 1. The number of hydrogen-bond donors (Lipinski definition) is 1. The molecule has 0 aromatic carbocycles. The zero-order valence-electron chi connectivity index (χ0n) is 11.3. The third-order valence-corrected chi connectivity index (χ3v) is 2.22. The van der Waals surface area contributed by atoms with Crippen LogP contribution in [0.5, 0.6) is 0 Å². The van der Waals surface area contributed by atoms with Crippen LogP contribution in [0, 0.1) is 10.1 Å². The Bertz CT molecular complexity index is 332. The fourth-order valence-electron chi connectivity index (χ4n) is 1.59. The van der Waals surface area contributed by atoms with Crippen molar-refractivity contribution in [3.63, 3.8) is 0 Å². The number of likely N-dealkylation sites (N-methyl/N-ethyl adjacent to an activating group) is 1. The van der Waals surface area contributed by atoms with E-state index in [4.69, 9.17) is 9.47 Å². The topological polar surface area (TPSA) is 89.2 Å². The first-order chi connectivity index (χ1) is 8.31. The van der Waals surface area contributed by atoms with E-state index in [0.29, 0.717) is 0 Å². The van der Waals surface area contributed by atoms with Gasteiger partial charge in [-0.3, -0.25) is 0 Å². The van der Waals surface area contributed by atoms with Gasteiger partial charge in [-0.2, -0.15) is 0 Å². The fraction of sp³-hybridized carbons (Fsp3) is 0.900. The van der Waals surface area contributed by atoms with Crippen molar-refractivity contribution in [1.82, 2.24) is 10.3 Å². The van der Waals surface area contributed by atoms with Crippen molar-refractivity contribution in [3.05, 3.63) is 10.1 Å². The Balaban J connectivity index is 2.79. The number of aliphatic imine (C=N–C) groups is 1. The lowest BCUT2D eigenvalue weighted by Gasteiger charge is -2.28. The van der Waals surface area contributed by atoms with E-state index in [2.05, 4.69) is 4.99 Å². The first-order valence-corrected chi connectivity index (χ1v) is 5.84. The minimum Gasteiger partial charge on any atom is -0.351 e. The first-order valence-electron chi connectivity index (χ1n) is 5.84. The van der Waals surface area contributed by atoms with E-state index in [9.17, 15) is 10.1 Å². The second-order valence-electron chi connectivity index (χ2n) is 4.58. The summed E-state index contributed by atoms with van der Waals surface area (Å²) in [5.41, 5.74) is 2.04. The van der Waals surface area contributed by atoms with Crippen molar-refractivity contribution in [2.75, 3.05) is 7.05 Å². The number of hydrogen-bond acceptors (Lipinski definition) is 6. The van der Waals surface area contributed by atoms with Gasteiger partial charge in [0, 0.05) is 7.05 Å². The maximum Gasteiger partial charge on any atom is 0.261 e. The molecular formula is C10H20N4O4. The van der Waals surface area contributed by atoms with Crippen molar-refractivity contribution >= 4 is 5.96 Å². The Morgan fingerprint density at radius 1 is 1.33 bits per heavy atom. The van der Waals surface area contributed by atoms with Gasteiger partial charge in [0.05, 0.1) is 12.2 Å². The van der Waals surface area contributed by atoms with Crippen molar-refractivity contribution in [2.45, 2.75) is 52.4 Å². The van der Waals surface area contributed by atoms with Crippen molar-refractivity contribution in [1.29, 1.82) is 0 Å². The van der Waals surface area contributed by atoms with Gasteiger partial charge in [-0.25, -0.2) is 15.1 Å². The quantitative estimate of drug-likeness (QED) is 0.574. The number of ether oxygens (including phenoxy) is 2. The Hall–Kier alpha value is -1.41. The van der Waals surface area contributed by atoms with Gasteiger partial charge in [0.25, 0.3) is 5.96 Å². The summed E-state index contributed by atoms with van der Waals surface area (Å²) in [5.74, 6) is 0.135. The summed E-state index contributed by atoms with van der Waals surface area (Å²) in [6.45, 7) is 7.53. The lowest BCUT2D eigenvalue weighted by Crippen LogP contribution is -2.46. The van der Waals surface area contributed by atoms with Gasteiger partial charge < -0.3 is 14.4 Å². The molecule has 0 radical (unpaired) electrons. The molecule has 0 aromatic rings. The summed E-state index contributed by atoms with van der Waals surface area (Å²) in [6.07, 6.45) is -1.10. The van der Waals surface area contributed by atoms with Gasteiger partial charge in [-0.1, -0.05) is 5.43 Å². The predicted octanol–water partition coefficient (Wildman–Crippen LogP) is 0.571. The largest absolute Gasteiger partial charge is 0.351 e. The van der Waals surface area contributed by atoms with Crippen molar-refractivity contribution in [2.24, 2.45) is 4.99 Å². The van der Waals surface area contributed by atoms with Crippen LogP contribution >= 0.6 is 0 Å². The molecule has 1 rings (SSSR count). The van der Waals surface area contributed by atoms with Crippen molar-refractivity contribution < 1.29 is 14.5 Å². The molecule has 104 valence electrons. The fourth-order valence-corrected chi connectivity index (χ4v) is 1.59. The lowest BCUT2D eigenvalue weighted by molar-refractivity contribution is -0.526. The molecule has 18 heavy (non-hydrogen) atoms. The average Bonchev–Trinajstić information content (AvgIpc) is 2.44. The molecule has 0 unspecified atom stereocenters. The van der Waals surface area contributed by atoms with Crippen LogP contribution in [-0.2, 0) is 9.47 Å². The Morgan fingerprint density at radius 2 is 1.89 bits per heavy atom. The van der Waals surface area contributed by atoms with E-state index >= 15 is 0 Å². The molecule has 0 saturated heterocycles. The molecule has 0 spiro atoms. The molecule has 1 N–H and O–H groups in total. The monoisotopic (exact) mass is 260 g/mol. The third-order valence-electron chi connectivity index (χ3n) is 2.22. The van der Waals surface area contributed by atoms with Gasteiger partial charge in [0.2, 0.25) is 0 Å². The minimum atomic E-state index is -0.653. The molecule has 0 fully saturated rings. The highest BCUT2D eigenvalue weighted by Crippen LogP contribution is 2.20. The third kappa shape index (κ3) is 3.81. The van der Waals surface area contributed by atoms with Crippen LogP contribution in [0.3, 0.4) is 0 Å². The summed E-state index contributed by atoms with van der Waals surface area (Å²) >= 11 is 0. The molecule has 1 aliphatic heterocycles. The number of hydrazine groups is 1. The van der Waals surface area contributed by atoms with Gasteiger partial charge in [-0.15, -0.1) is 0 Å². The number of nitrogens with zero attached hydrogens (tertiary/aromatic N) is 3. The van der Waals surface area contributed by atoms with Crippen LogP contribution in [0.25, 0.3) is 0 Å². The molecule has 0 aromatic heterocycles. The van der Waals surface area contributed by atoms with Gasteiger partial charge in [0.1, 0.15) is 0 Å². The summed E-state index contributed by atoms with van der Waals surface area (Å²) in [6, 6.07) is 0. The second kappa shape index (κ2) is 5.96. The zero-order valence-corrected chi connectivity index (χ0v) is 11.3. The first kappa shape index (κ1) is 14.7. The highest BCUT2D eigenvalue weighted by atomic mass is 16.7. The molecule has 0 amide bonds. The lowest BCUT2D eigenvalue weighted by atomic mass is 10.4.